The van der Waals surface area contributed by atoms with Crippen molar-refractivity contribution < 1.29 is 14.3 Å². The standard InChI is InChI=1S/C8H7O3/c1-10-8(9)11-7-5-3-2-4-6-7/h3-6H,1H3/q-1. The first kappa shape index (κ1) is 7.60. The van der Waals surface area contributed by atoms with Crippen molar-refractivity contribution >= 4 is 6.16 Å². The Hall–Kier alpha value is -1.51. The first-order valence-electron chi connectivity index (χ1n) is 3.05. The molecule has 0 spiro atoms. The quantitative estimate of drug-likeness (QED) is 0.347. The van der Waals surface area contributed by atoms with Gasteiger partial charge in [0.15, 0.2) is 0 Å². The van der Waals surface area contributed by atoms with E-state index in [1.54, 1.807) is 24.3 Å². The Balaban J connectivity index is 2.58. The lowest BCUT2D eigenvalue weighted by Crippen LogP contribution is -2.06. The summed E-state index contributed by atoms with van der Waals surface area (Å²) in [6.45, 7) is 0. The van der Waals surface area contributed by atoms with Crippen LogP contribution in [0.25, 0.3) is 0 Å². The minimum atomic E-state index is -0.712. The Morgan fingerprint density at radius 3 is 2.64 bits per heavy atom. The fourth-order valence-electron chi connectivity index (χ4n) is 0.578. The minimum absolute atomic E-state index is 0.454. The van der Waals surface area contributed by atoms with Gasteiger partial charge in [0.1, 0.15) is 0 Å². The highest BCUT2D eigenvalue weighted by Crippen LogP contribution is 2.08. The summed E-state index contributed by atoms with van der Waals surface area (Å²) in [5.74, 6) is 0.454. The van der Waals surface area contributed by atoms with E-state index in [2.05, 4.69) is 15.5 Å². The lowest BCUT2D eigenvalue weighted by atomic mass is 10.3. The van der Waals surface area contributed by atoms with Gasteiger partial charge in [-0.25, -0.2) is 4.79 Å². The van der Waals surface area contributed by atoms with Crippen LogP contribution in [-0.2, 0) is 4.74 Å². The van der Waals surface area contributed by atoms with Crippen molar-refractivity contribution in [3.63, 3.8) is 0 Å². The largest absolute Gasteiger partial charge is 0.511 e. The van der Waals surface area contributed by atoms with Crippen LogP contribution in [0.2, 0.25) is 0 Å². The van der Waals surface area contributed by atoms with Crippen LogP contribution in [0.15, 0.2) is 24.3 Å². The van der Waals surface area contributed by atoms with E-state index in [0.717, 1.165) is 0 Å². The van der Waals surface area contributed by atoms with Crippen LogP contribution in [0.5, 0.6) is 5.75 Å². The van der Waals surface area contributed by atoms with Gasteiger partial charge in [-0.15, -0.1) is 12.1 Å². The van der Waals surface area contributed by atoms with Gasteiger partial charge in [0.05, 0.1) is 7.11 Å². The molecule has 58 valence electrons. The topological polar surface area (TPSA) is 35.5 Å². The molecule has 1 aromatic carbocycles. The summed E-state index contributed by atoms with van der Waals surface area (Å²) in [7, 11) is 1.26. The fraction of sp³-hybridized carbons (Fsp3) is 0.125. The third-order valence-electron chi connectivity index (χ3n) is 1.06. The zero-order valence-corrected chi connectivity index (χ0v) is 6.03. The van der Waals surface area contributed by atoms with Gasteiger partial charge in [0, 0.05) is 5.75 Å². The van der Waals surface area contributed by atoms with E-state index in [4.69, 9.17) is 0 Å². The summed E-state index contributed by atoms with van der Waals surface area (Å²) in [5, 5.41) is 0. The van der Waals surface area contributed by atoms with Gasteiger partial charge >= 0.3 is 6.16 Å². The molecule has 0 radical (unpaired) electrons. The molecule has 0 unspecified atom stereocenters. The average Bonchev–Trinajstić information content (AvgIpc) is 2.06. The van der Waals surface area contributed by atoms with E-state index in [9.17, 15) is 4.79 Å². The van der Waals surface area contributed by atoms with Crippen molar-refractivity contribution in [2.24, 2.45) is 0 Å². The van der Waals surface area contributed by atoms with Crippen molar-refractivity contribution in [1.29, 1.82) is 0 Å². The summed E-state index contributed by atoms with van der Waals surface area (Å²) in [5.41, 5.74) is 0. The lowest BCUT2D eigenvalue weighted by Gasteiger charge is -2.05. The highest BCUT2D eigenvalue weighted by atomic mass is 16.7. The molecule has 1 rings (SSSR count). The molecular formula is C8H7O3-. The van der Waals surface area contributed by atoms with E-state index in [0.29, 0.717) is 5.75 Å². The van der Waals surface area contributed by atoms with E-state index in [-0.39, 0.29) is 0 Å². The van der Waals surface area contributed by atoms with Gasteiger partial charge < -0.3 is 9.47 Å². The molecule has 0 amide bonds. The maximum Gasteiger partial charge on any atom is 0.511 e. The van der Waals surface area contributed by atoms with Crippen LogP contribution in [0.3, 0.4) is 0 Å². The number of hydrogen-bond donors (Lipinski definition) is 0. The number of carbonyl (C=O) groups excluding carboxylic acids is 1. The SMILES string of the molecule is COC(=O)Oc1cc[c-]cc1. The molecule has 0 aliphatic rings. The zero-order chi connectivity index (χ0) is 8.10. The third kappa shape index (κ3) is 2.29. The Morgan fingerprint density at radius 1 is 1.45 bits per heavy atom. The van der Waals surface area contributed by atoms with Gasteiger partial charge in [-0.2, -0.15) is 18.2 Å². The molecule has 0 atom stereocenters. The summed E-state index contributed by atoms with van der Waals surface area (Å²) < 4.78 is 8.97. The molecule has 0 heterocycles. The number of hydrogen-bond acceptors (Lipinski definition) is 3. The van der Waals surface area contributed by atoms with Crippen LogP contribution in [0.4, 0.5) is 4.79 Å². The van der Waals surface area contributed by atoms with Crippen molar-refractivity contribution in [3.05, 3.63) is 30.3 Å². The summed E-state index contributed by atoms with van der Waals surface area (Å²) in [6, 6.07) is 9.34. The molecule has 0 aromatic heterocycles. The van der Waals surface area contributed by atoms with Crippen LogP contribution >= 0.6 is 0 Å². The number of carbonyl (C=O) groups is 1. The smallest absolute Gasteiger partial charge is 0.437 e. The predicted octanol–water partition coefficient (Wildman–Crippen LogP) is 1.63. The molecule has 0 bridgehead atoms. The Morgan fingerprint density at radius 2 is 2.09 bits per heavy atom. The van der Waals surface area contributed by atoms with Gasteiger partial charge in [-0.05, 0) is 0 Å². The molecule has 11 heavy (non-hydrogen) atoms. The van der Waals surface area contributed by atoms with Crippen LogP contribution in [0, 0.1) is 6.07 Å². The third-order valence-corrected chi connectivity index (χ3v) is 1.06. The number of ether oxygens (including phenoxy) is 2. The highest BCUT2D eigenvalue weighted by molar-refractivity contribution is 5.63. The summed E-state index contributed by atoms with van der Waals surface area (Å²) in [6.07, 6.45) is -0.712. The lowest BCUT2D eigenvalue weighted by molar-refractivity contribution is 0.121. The second-order valence-corrected chi connectivity index (χ2v) is 1.79. The second-order valence-electron chi connectivity index (χ2n) is 1.79. The first-order valence-corrected chi connectivity index (χ1v) is 3.05. The van der Waals surface area contributed by atoms with Crippen molar-refractivity contribution in [2.45, 2.75) is 0 Å². The van der Waals surface area contributed by atoms with Crippen molar-refractivity contribution in [2.75, 3.05) is 7.11 Å². The molecule has 0 fully saturated rings. The number of methoxy groups -OCH3 is 1. The molecule has 0 saturated carbocycles. The highest BCUT2D eigenvalue weighted by Gasteiger charge is 1.96. The normalized spacial score (nSPS) is 8.82. The minimum Gasteiger partial charge on any atom is -0.437 e. The van der Waals surface area contributed by atoms with Crippen molar-refractivity contribution in [1.82, 2.24) is 0 Å². The van der Waals surface area contributed by atoms with Crippen LogP contribution in [0.1, 0.15) is 0 Å². The van der Waals surface area contributed by atoms with Crippen LogP contribution in [-0.4, -0.2) is 13.3 Å². The summed E-state index contributed by atoms with van der Waals surface area (Å²) in [4.78, 5) is 10.5. The number of benzene rings is 1. The van der Waals surface area contributed by atoms with Gasteiger partial charge in [-0.3, -0.25) is 0 Å². The van der Waals surface area contributed by atoms with Gasteiger partial charge in [0.2, 0.25) is 0 Å². The van der Waals surface area contributed by atoms with Crippen LogP contribution < -0.4 is 4.74 Å². The summed E-state index contributed by atoms with van der Waals surface area (Å²) >= 11 is 0. The average molecular weight is 151 g/mol. The number of rotatable bonds is 1. The predicted molar refractivity (Wildman–Crippen MR) is 38.3 cm³/mol. The molecular weight excluding hydrogens is 144 g/mol. The Bertz CT molecular complexity index is 230. The molecule has 0 N–H and O–H groups in total. The maximum absolute atomic E-state index is 10.5. The molecule has 0 aliphatic heterocycles. The van der Waals surface area contributed by atoms with Crippen molar-refractivity contribution in [3.8, 4) is 5.75 Å². The van der Waals surface area contributed by atoms with E-state index >= 15 is 0 Å². The zero-order valence-electron chi connectivity index (χ0n) is 6.03. The first-order chi connectivity index (χ1) is 5.33. The van der Waals surface area contributed by atoms with E-state index in [1.807, 2.05) is 0 Å². The fourth-order valence-corrected chi connectivity index (χ4v) is 0.578. The molecule has 0 aliphatic carbocycles. The van der Waals surface area contributed by atoms with E-state index < -0.39 is 6.16 Å². The monoisotopic (exact) mass is 151 g/mol. The molecule has 3 heteroatoms. The van der Waals surface area contributed by atoms with E-state index in [1.165, 1.54) is 7.11 Å². The maximum atomic E-state index is 10.5. The second kappa shape index (κ2) is 3.61. The molecule has 3 nitrogen and oxygen atoms in total. The van der Waals surface area contributed by atoms with Gasteiger partial charge in [-0.1, -0.05) is 0 Å². The van der Waals surface area contributed by atoms with Gasteiger partial charge in [0.25, 0.3) is 0 Å². The molecule has 1 aromatic rings. The molecule has 0 saturated heterocycles. The Labute approximate surface area is 64.5 Å². The Kier molecular flexibility index (Phi) is 2.49.